The number of alkyl halides is 2. The highest BCUT2D eigenvalue weighted by atomic mass is 32.1. The van der Waals surface area contributed by atoms with Crippen molar-refractivity contribution in [1.82, 2.24) is 15.3 Å². The van der Waals surface area contributed by atoms with E-state index in [-0.39, 0.29) is 19.6 Å². The molecule has 0 unspecified atom stereocenters. The van der Waals surface area contributed by atoms with Gasteiger partial charge < -0.3 is 15.4 Å². The second-order valence-electron chi connectivity index (χ2n) is 9.04. The van der Waals surface area contributed by atoms with E-state index in [1.807, 2.05) is 0 Å². The lowest BCUT2D eigenvalue weighted by molar-refractivity contribution is -0.115. The van der Waals surface area contributed by atoms with E-state index in [2.05, 4.69) is 26.7 Å². The van der Waals surface area contributed by atoms with Gasteiger partial charge in [0.15, 0.2) is 5.13 Å². The number of thiazole rings is 1. The zero-order valence-corrected chi connectivity index (χ0v) is 20.0. The Morgan fingerprint density at radius 3 is 2.81 bits per heavy atom. The first-order chi connectivity index (χ1) is 17.2. The summed E-state index contributed by atoms with van der Waals surface area (Å²) in [4.78, 5) is 33.6. The Kier molecular flexibility index (Phi) is 6.02. The summed E-state index contributed by atoms with van der Waals surface area (Å²) in [6.07, 6.45) is -0.203. The fourth-order valence-corrected chi connectivity index (χ4v) is 4.81. The number of pyridine rings is 1. The first kappa shape index (κ1) is 24.0. The second-order valence-corrected chi connectivity index (χ2v) is 9.90. The van der Waals surface area contributed by atoms with Crippen molar-refractivity contribution in [3.63, 3.8) is 0 Å². The Bertz CT molecular complexity index is 1400. The van der Waals surface area contributed by atoms with Gasteiger partial charge in [0.05, 0.1) is 43.1 Å². The van der Waals surface area contributed by atoms with Gasteiger partial charge in [-0.15, -0.1) is 11.3 Å². The van der Waals surface area contributed by atoms with Crippen LogP contribution in [-0.4, -0.2) is 40.9 Å². The Labute approximate surface area is 209 Å². The van der Waals surface area contributed by atoms with Crippen LogP contribution in [0.15, 0.2) is 41.8 Å². The number of hydrogen-bond donors (Lipinski definition) is 2. The van der Waals surface area contributed by atoms with Gasteiger partial charge >= 0.3 is 0 Å². The van der Waals surface area contributed by atoms with Crippen LogP contribution < -0.4 is 10.6 Å². The van der Waals surface area contributed by atoms with Gasteiger partial charge in [0.2, 0.25) is 5.91 Å². The average Bonchev–Trinajstić information content (AvgIpc) is 3.28. The number of halogens is 2. The number of amides is 2. The van der Waals surface area contributed by atoms with Gasteiger partial charge in [-0.2, -0.15) is 5.26 Å². The Balaban J connectivity index is 1.19. The third-order valence-electron chi connectivity index (χ3n) is 6.24. The number of carbonyl (C=O) groups excluding carboxylic acids is 2. The molecule has 1 saturated carbocycles. The summed E-state index contributed by atoms with van der Waals surface area (Å²) in [5.74, 6) is -4.49. The molecule has 184 valence electrons. The molecule has 8 nitrogen and oxygen atoms in total. The number of carbonyl (C=O) groups is 2. The van der Waals surface area contributed by atoms with Crippen LogP contribution in [0.2, 0.25) is 0 Å². The van der Waals surface area contributed by atoms with Gasteiger partial charge in [0.25, 0.3) is 11.8 Å². The molecule has 0 saturated heterocycles. The molecule has 11 heteroatoms. The van der Waals surface area contributed by atoms with E-state index in [1.54, 1.807) is 48.7 Å². The minimum atomic E-state index is -2.71. The summed E-state index contributed by atoms with van der Waals surface area (Å²) in [6.45, 7) is 2.09. The van der Waals surface area contributed by atoms with Gasteiger partial charge in [-0.05, 0) is 42.3 Å². The summed E-state index contributed by atoms with van der Waals surface area (Å²) >= 11 is 1.16. The largest absolute Gasteiger partial charge is 0.375 e. The number of fused-ring (bicyclic) bond motifs is 1. The summed E-state index contributed by atoms with van der Waals surface area (Å²) in [6, 6.07) is 12.2. The standard InChI is InChI=1S/C25H21F2N5O3S/c1-24(12-28)13-35-10-15-6-5-14(7-16(15)24)22(34)29-9-21(33)32-23-31-20(11-36-23)19-4-2-3-18(30-19)17-8-25(17,26)27/h2-7,11,17H,8-10,13H2,1H3,(H,29,34)(H,31,32,33)/t17-,24-/m1/s1. The minimum Gasteiger partial charge on any atom is -0.375 e. The maximum atomic E-state index is 13.4. The number of hydrogen-bond acceptors (Lipinski definition) is 7. The van der Waals surface area contributed by atoms with E-state index in [0.717, 1.165) is 22.5 Å². The van der Waals surface area contributed by atoms with E-state index in [0.29, 0.717) is 34.4 Å². The average molecular weight is 510 g/mol. The molecule has 0 spiro atoms. The van der Waals surface area contributed by atoms with Crippen LogP contribution in [0.3, 0.4) is 0 Å². The molecular weight excluding hydrogens is 488 g/mol. The molecule has 2 atom stereocenters. The maximum Gasteiger partial charge on any atom is 0.257 e. The third-order valence-corrected chi connectivity index (χ3v) is 7.00. The van der Waals surface area contributed by atoms with Crippen molar-refractivity contribution in [2.75, 3.05) is 18.5 Å². The normalized spacial score (nSPS) is 21.7. The molecule has 2 N–H and O–H groups in total. The quantitative estimate of drug-likeness (QED) is 0.519. The van der Waals surface area contributed by atoms with Crippen LogP contribution in [0.5, 0.6) is 0 Å². The van der Waals surface area contributed by atoms with Crippen molar-refractivity contribution in [3.05, 3.63) is 64.2 Å². The fraction of sp³-hybridized carbons (Fsp3) is 0.320. The van der Waals surface area contributed by atoms with Gasteiger partial charge in [-0.3, -0.25) is 14.6 Å². The number of nitrogens with one attached hydrogen (secondary N) is 2. The number of nitrogens with zero attached hydrogens (tertiary/aromatic N) is 3. The van der Waals surface area contributed by atoms with E-state index in [1.165, 1.54) is 0 Å². The van der Waals surface area contributed by atoms with Crippen LogP contribution in [-0.2, 0) is 21.6 Å². The highest BCUT2D eigenvalue weighted by Crippen LogP contribution is 2.55. The predicted octanol–water partition coefficient (Wildman–Crippen LogP) is 4.01. The summed E-state index contributed by atoms with van der Waals surface area (Å²) in [7, 11) is 0. The predicted molar refractivity (Wildman–Crippen MR) is 128 cm³/mol. The lowest BCUT2D eigenvalue weighted by Gasteiger charge is -2.30. The molecular formula is C25H21F2N5O3S. The van der Waals surface area contributed by atoms with Gasteiger partial charge in [0.1, 0.15) is 11.1 Å². The van der Waals surface area contributed by atoms with Crippen LogP contribution in [0, 0.1) is 11.3 Å². The lowest BCUT2D eigenvalue weighted by atomic mass is 9.79. The van der Waals surface area contributed by atoms with Crippen molar-refractivity contribution >= 4 is 28.3 Å². The smallest absolute Gasteiger partial charge is 0.257 e. The molecule has 1 aliphatic heterocycles. The van der Waals surface area contributed by atoms with Gasteiger partial charge in [0, 0.05) is 17.4 Å². The topological polar surface area (TPSA) is 117 Å². The second kappa shape index (κ2) is 9.04. The van der Waals surface area contributed by atoms with Gasteiger partial charge in [-0.1, -0.05) is 12.1 Å². The monoisotopic (exact) mass is 509 g/mol. The van der Waals surface area contributed by atoms with E-state index in [4.69, 9.17) is 4.74 Å². The maximum absolute atomic E-state index is 13.4. The molecule has 3 heterocycles. The first-order valence-corrected chi connectivity index (χ1v) is 12.1. The van der Waals surface area contributed by atoms with Crippen LogP contribution in [0.4, 0.5) is 13.9 Å². The summed E-state index contributed by atoms with van der Waals surface area (Å²) in [5, 5.41) is 16.7. The number of anilines is 1. The lowest BCUT2D eigenvalue weighted by Crippen LogP contribution is -2.34. The molecule has 2 aliphatic rings. The van der Waals surface area contributed by atoms with E-state index in [9.17, 15) is 23.6 Å². The molecule has 1 aliphatic carbocycles. The molecule has 3 aromatic rings. The number of nitriles is 1. The summed E-state index contributed by atoms with van der Waals surface area (Å²) in [5.41, 5.74) is 2.32. The number of benzene rings is 1. The zero-order valence-electron chi connectivity index (χ0n) is 19.2. The van der Waals surface area contributed by atoms with Crippen LogP contribution >= 0.6 is 11.3 Å². The Hall–Kier alpha value is -3.75. The Morgan fingerprint density at radius 1 is 1.25 bits per heavy atom. The molecule has 0 bridgehead atoms. The number of aromatic nitrogens is 2. The van der Waals surface area contributed by atoms with Crippen LogP contribution in [0.1, 0.15) is 46.4 Å². The third kappa shape index (κ3) is 4.69. The number of ether oxygens (including phenoxy) is 1. The molecule has 1 aromatic carbocycles. The first-order valence-electron chi connectivity index (χ1n) is 11.2. The minimum absolute atomic E-state index is 0.203. The fourth-order valence-electron chi connectivity index (χ4n) is 4.09. The van der Waals surface area contributed by atoms with E-state index >= 15 is 0 Å². The highest BCUT2D eigenvalue weighted by molar-refractivity contribution is 7.14. The SMILES string of the molecule is C[C@@]1(C#N)COCc2ccc(C(=O)NCC(=O)Nc3nc(-c4cccc([C@H]5CC5(F)F)n4)cs3)cc21. The van der Waals surface area contributed by atoms with Crippen molar-refractivity contribution in [1.29, 1.82) is 5.26 Å². The van der Waals surface area contributed by atoms with Crippen molar-refractivity contribution in [2.24, 2.45) is 0 Å². The molecule has 2 aromatic heterocycles. The molecule has 36 heavy (non-hydrogen) atoms. The Morgan fingerprint density at radius 2 is 2.06 bits per heavy atom. The van der Waals surface area contributed by atoms with Crippen LogP contribution in [0.25, 0.3) is 11.4 Å². The number of rotatable bonds is 6. The summed E-state index contributed by atoms with van der Waals surface area (Å²) < 4.78 is 32.2. The van der Waals surface area contributed by atoms with Gasteiger partial charge in [-0.25, -0.2) is 13.8 Å². The molecule has 2 amide bonds. The van der Waals surface area contributed by atoms with E-state index < -0.39 is 29.1 Å². The molecule has 0 radical (unpaired) electrons. The molecule has 1 fully saturated rings. The van der Waals surface area contributed by atoms with Crippen molar-refractivity contribution < 1.29 is 23.1 Å². The zero-order chi connectivity index (χ0) is 25.5. The highest BCUT2D eigenvalue weighted by Gasteiger charge is 2.58. The molecule has 5 rings (SSSR count). The van der Waals surface area contributed by atoms with Crippen molar-refractivity contribution in [2.45, 2.75) is 37.2 Å². The van der Waals surface area contributed by atoms with Crippen molar-refractivity contribution in [3.8, 4) is 17.5 Å².